The first-order valence-corrected chi connectivity index (χ1v) is 19.6. The molecule has 3 atom stereocenters. The number of phosphoric acid groups is 1. The number of hydrogen-bond acceptors (Lipinski definition) is 8. The zero-order valence-corrected chi connectivity index (χ0v) is 31.1. The predicted octanol–water partition coefficient (Wildman–Crippen LogP) is 8.45. The number of hydrogen-bond donors (Lipinski definition) is 4. The van der Waals surface area contributed by atoms with Crippen LogP contribution in [-0.4, -0.2) is 63.5 Å². The molecule has 10 nitrogen and oxygen atoms in total. The van der Waals surface area contributed by atoms with Crippen LogP contribution in [0.15, 0.2) is 85.1 Å². The second kappa shape index (κ2) is 33.3. The summed E-state index contributed by atoms with van der Waals surface area (Å²) in [4.78, 5) is 42.6. The maximum atomic E-state index is 12.3. The molecule has 4 N–H and O–H groups in total. The van der Waals surface area contributed by atoms with Crippen LogP contribution < -0.4 is 0 Å². The Morgan fingerprint density at radius 2 is 1.22 bits per heavy atom. The molecule has 11 heteroatoms. The summed E-state index contributed by atoms with van der Waals surface area (Å²) in [6.45, 7) is 3.26. The highest BCUT2D eigenvalue weighted by molar-refractivity contribution is 7.46. The van der Waals surface area contributed by atoms with E-state index < -0.39 is 44.7 Å². The third-order valence-corrected chi connectivity index (χ3v) is 7.56. The van der Waals surface area contributed by atoms with Crippen LogP contribution in [0, 0.1) is 0 Å². The smallest absolute Gasteiger partial charge is 0.462 e. The summed E-state index contributed by atoms with van der Waals surface area (Å²) in [5.41, 5.74) is 0. The Kier molecular flexibility index (Phi) is 31.4. The van der Waals surface area contributed by atoms with Gasteiger partial charge in [0.2, 0.25) is 0 Å². The standard InChI is InChI=1S/C39H63O10P/c1-3-5-7-8-9-10-11-12-13-17-25-31-38(42)47-33-37(34-48-50(44,45)46)49-39(43)32-26-18-15-14-16-22-28-36(41)30-24-20-19-23-29-35(40)27-21-6-4-2/h6,8-9,15-16,18-24,29-30,35-37,40-41H,3-5,7,10-14,17,25-28,31-34H2,1-2H3,(H2,44,45,46)/b9-8-,18-15-,20-19-,21-6-,22-16-,29-23+,30-24+/t35-,36+,37+/m0/s1. The molecule has 0 aliphatic rings. The van der Waals surface area contributed by atoms with Gasteiger partial charge in [0.25, 0.3) is 0 Å². The van der Waals surface area contributed by atoms with Crippen molar-refractivity contribution in [1.29, 1.82) is 0 Å². The molecule has 50 heavy (non-hydrogen) atoms. The molecule has 0 heterocycles. The van der Waals surface area contributed by atoms with Gasteiger partial charge in [-0.3, -0.25) is 14.1 Å². The van der Waals surface area contributed by atoms with Crippen molar-refractivity contribution in [2.45, 2.75) is 135 Å². The van der Waals surface area contributed by atoms with Crippen LogP contribution in [0.1, 0.15) is 117 Å². The molecule has 284 valence electrons. The highest BCUT2D eigenvalue weighted by Crippen LogP contribution is 2.35. The number of esters is 2. The highest BCUT2D eigenvalue weighted by atomic mass is 31.2. The fraction of sp³-hybridized carbons (Fsp3) is 0.590. The Morgan fingerprint density at radius 3 is 1.86 bits per heavy atom. The SMILES string of the molecule is CC/C=C\C[C@H](O)/C=C/C=C\C=C\[C@H](O)C/C=C\C/C=C\CCC(=O)O[C@H](COC(=O)CCCCCCC/C=C\CCCC)COP(=O)(O)O. The average molecular weight is 723 g/mol. The largest absolute Gasteiger partial charge is 0.469 e. The summed E-state index contributed by atoms with van der Waals surface area (Å²) >= 11 is 0. The van der Waals surface area contributed by atoms with Gasteiger partial charge >= 0.3 is 19.8 Å². The molecule has 0 aromatic heterocycles. The molecule has 0 spiro atoms. The van der Waals surface area contributed by atoms with Gasteiger partial charge in [0.05, 0.1) is 18.8 Å². The Hall–Kier alpha value is -2.85. The van der Waals surface area contributed by atoms with Crippen molar-refractivity contribution in [1.82, 2.24) is 0 Å². The van der Waals surface area contributed by atoms with Crippen LogP contribution >= 0.6 is 7.82 Å². The van der Waals surface area contributed by atoms with E-state index in [1.807, 2.05) is 43.4 Å². The van der Waals surface area contributed by atoms with Gasteiger partial charge in [0.1, 0.15) is 6.61 Å². The Labute approximate surface area is 300 Å². The number of carbonyl (C=O) groups is 2. The van der Waals surface area contributed by atoms with E-state index in [1.165, 1.54) is 12.8 Å². The number of rotatable bonds is 31. The zero-order valence-electron chi connectivity index (χ0n) is 30.2. The molecule has 0 amide bonds. The first kappa shape index (κ1) is 47.1. The van der Waals surface area contributed by atoms with E-state index in [0.29, 0.717) is 32.1 Å². The molecule has 0 saturated heterocycles. The summed E-state index contributed by atoms with van der Waals surface area (Å²) < 4.78 is 26.1. The third kappa shape index (κ3) is 35.0. The van der Waals surface area contributed by atoms with Crippen molar-refractivity contribution < 1.29 is 48.2 Å². The van der Waals surface area contributed by atoms with E-state index in [-0.39, 0.29) is 19.4 Å². The van der Waals surface area contributed by atoms with E-state index in [1.54, 1.807) is 36.5 Å². The minimum atomic E-state index is -4.80. The van der Waals surface area contributed by atoms with E-state index in [0.717, 1.165) is 44.9 Å². The first-order chi connectivity index (χ1) is 24.1. The van der Waals surface area contributed by atoms with Gasteiger partial charge in [-0.05, 0) is 57.8 Å². The molecular weight excluding hydrogens is 659 g/mol. The first-order valence-electron chi connectivity index (χ1n) is 18.1. The molecule has 0 unspecified atom stereocenters. The predicted molar refractivity (Wildman–Crippen MR) is 200 cm³/mol. The molecule has 0 bridgehead atoms. The monoisotopic (exact) mass is 722 g/mol. The number of ether oxygens (including phenoxy) is 2. The molecular formula is C39H63O10P. The zero-order chi connectivity index (χ0) is 37.1. The van der Waals surface area contributed by atoms with E-state index in [9.17, 15) is 24.4 Å². The number of aliphatic hydroxyl groups is 2. The van der Waals surface area contributed by atoms with Crippen molar-refractivity contribution in [3.05, 3.63) is 85.1 Å². The lowest BCUT2D eigenvalue weighted by atomic mass is 10.1. The van der Waals surface area contributed by atoms with Crippen LogP contribution in [0.4, 0.5) is 0 Å². The summed E-state index contributed by atoms with van der Waals surface area (Å²) in [7, 11) is -4.80. The van der Waals surface area contributed by atoms with Gasteiger partial charge in [-0.1, -0.05) is 131 Å². The topological polar surface area (TPSA) is 160 Å². The van der Waals surface area contributed by atoms with Crippen molar-refractivity contribution in [2.75, 3.05) is 13.2 Å². The fourth-order valence-corrected chi connectivity index (χ4v) is 4.68. The van der Waals surface area contributed by atoms with Crippen molar-refractivity contribution in [3.8, 4) is 0 Å². The number of unbranched alkanes of at least 4 members (excludes halogenated alkanes) is 7. The van der Waals surface area contributed by atoms with E-state index in [4.69, 9.17) is 19.3 Å². The summed E-state index contributed by atoms with van der Waals surface area (Å²) in [5.74, 6) is -1.08. The van der Waals surface area contributed by atoms with Gasteiger partial charge in [-0.25, -0.2) is 4.57 Å². The highest BCUT2D eigenvalue weighted by Gasteiger charge is 2.22. The van der Waals surface area contributed by atoms with Crippen LogP contribution in [-0.2, 0) is 28.2 Å². The maximum Gasteiger partial charge on any atom is 0.469 e. The summed E-state index contributed by atoms with van der Waals surface area (Å²) in [6.07, 6.45) is 36.7. The summed E-state index contributed by atoms with van der Waals surface area (Å²) in [6, 6.07) is 0. The van der Waals surface area contributed by atoms with Crippen LogP contribution in [0.25, 0.3) is 0 Å². The molecule has 0 radical (unpaired) electrons. The van der Waals surface area contributed by atoms with Crippen LogP contribution in [0.5, 0.6) is 0 Å². The number of carbonyl (C=O) groups excluding carboxylic acids is 2. The Balaban J connectivity index is 4.30. The lowest BCUT2D eigenvalue weighted by Gasteiger charge is -2.18. The van der Waals surface area contributed by atoms with Crippen molar-refractivity contribution in [2.24, 2.45) is 0 Å². The normalized spacial score (nSPS) is 14.8. The third-order valence-electron chi connectivity index (χ3n) is 7.08. The van der Waals surface area contributed by atoms with Crippen molar-refractivity contribution >= 4 is 19.8 Å². The van der Waals surface area contributed by atoms with Crippen LogP contribution in [0.3, 0.4) is 0 Å². The van der Waals surface area contributed by atoms with Crippen molar-refractivity contribution in [3.63, 3.8) is 0 Å². The minimum absolute atomic E-state index is 0.0240. The molecule has 0 fully saturated rings. The van der Waals surface area contributed by atoms with E-state index in [2.05, 4.69) is 23.6 Å². The fourth-order valence-electron chi connectivity index (χ4n) is 4.32. The van der Waals surface area contributed by atoms with Gasteiger partial charge < -0.3 is 29.5 Å². The minimum Gasteiger partial charge on any atom is -0.462 e. The Morgan fingerprint density at radius 1 is 0.640 bits per heavy atom. The number of aliphatic hydroxyl groups excluding tert-OH is 2. The average Bonchev–Trinajstić information content (AvgIpc) is 3.07. The number of allylic oxidation sites excluding steroid dienone is 10. The lowest BCUT2D eigenvalue weighted by molar-refractivity contribution is -0.161. The van der Waals surface area contributed by atoms with E-state index >= 15 is 0 Å². The molecule has 0 aliphatic carbocycles. The molecule has 0 rings (SSSR count). The molecule has 0 aromatic rings. The van der Waals surface area contributed by atoms with Gasteiger partial charge in [-0.2, -0.15) is 0 Å². The summed E-state index contributed by atoms with van der Waals surface area (Å²) in [5, 5.41) is 19.9. The quantitative estimate of drug-likeness (QED) is 0.0180. The molecule has 0 aliphatic heterocycles. The number of phosphoric ester groups is 1. The maximum absolute atomic E-state index is 12.3. The van der Waals surface area contributed by atoms with Crippen LogP contribution in [0.2, 0.25) is 0 Å². The van der Waals surface area contributed by atoms with Gasteiger partial charge in [-0.15, -0.1) is 0 Å². The second-order valence-corrected chi connectivity index (χ2v) is 13.1. The van der Waals surface area contributed by atoms with Gasteiger partial charge in [0.15, 0.2) is 6.10 Å². The second-order valence-electron chi connectivity index (χ2n) is 11.9. The Bertz CT molecular complexity index is 1120. The van der Waals surface area contributed by atoms with Gasteiger partial charge in [0, 0.05) is 12.8 Å². The lowest BCUT2D eigenvalue weighted by Crippen LogP contribution is -2.29. The molecule has 0 saturated carbocycles. The molecule has 0 aromatic carbocycles.